The predicted molar refractivity (Wildman–Crippen MR) is 129 cm³/mol. The summed E-state index contributed by atoms with van der Waals surface area (Å²) in [4.78, 5) is 18.1. The number of ketones is 1. The van der Waals surface area contributed by atoms with Crippen molar-refractivity contribution in [3.05, 3.63) is 87.8 Å². The van der Waals surface area contributed by atoms with E-state index in [4.69, 9.17) is 21.7 Å². The number of benzene rings is 2. The fraction of sp³-hybridized carbons (Fsp3) is 0.296. The van der Waals surface area contributed by atoms with Crippen LogP contribution < -0.4 is 0 Å². The molecular weight excluding hydrogens is 418 g/mol. The molecule has 0 N–H and O–H groups in total. The first-order chi connectivity index (χ1) is 15.4. The lowest BCUT2D eigenvalue weighted by atomic mass is 9.81. The Hall–Kier alpha value is -2.98. The molecule has 2 aromatic carbocycles. The quantitative estimate of drug-likeness (QED) is 0.354. The van der Waals surface area contributed by atoms with E-state index in [0.29, 0.717) is 22.9 Å². The van der Waals surface area contributed by atoms with Gasteiger partial charge in [0.1, 0.15) is 0 Å². The Balaban J connectivity index is 1.58. The second-order valence-corrected chi connectivity index (χ2v) is 9.34. The van der Waals surface area contributed by atoms with Gasteiger partial charge in [-0.1, -0.05) is 68.8 Å². The minimum absolute atomic E-state index is 0.139. The van der Waals surface area contributed by atoms with E-state index in [1.165, 1.54) is 11.1 Å². The Morgan fingerprint density at radius 3 is 2.44 bits per heavy atom. The van der Waals surface area contributed by atoms with Crippen molar-refractivity contribution in [3.8, 4) is 11.1 Å². The van der Waals surface area contributed by atoms with Crippen LogP contribution in [-0.4, -0.2) is 20.4 Å². The number of halogens is 1. The topological polar surface area (TPSA) is 47.3 Å². The zero-order valence-corrected chi connectivity index (χ0v) is 19.4. The van der Waals surface area contributed by atoms with Crippen molar-refractivity contribution in [2.75, 3.05) is 0 Å². The van der Waals surface area contributed by atoms with Gasteiger partial charge in [0.15, 0.2) is 11.4 Å². The molecule has 0 saturated heterocycles. The summed E-state index contributed by atoms with van der Waals surface area (Å²) in [5, 5.41) is 5.44. The molecule has 0 fully saturated rings. The molecule has 2 heterocycles. The van der Waals surface area contributed by atoms with Crippen LogP contribution in [-0.2, 0) is 12.8 Å². The zero-order chi connectivity index (χ0) is 22.4. The maximum absolute atomic E-state index is 13.1. The highest BCUT2D eigenvalue weighted by Gasteiger charge is 2.29. The lowest BCUT2D eigenvalue weighted by Gasteiger charge is -2.23. The number of nitrogens with zero attached hydrogens (tertiary/aromatic N) is 3. The molecule has 5 rings (SSSR count). The predicted octanol–water partition coefficient (Wildman–Crippen LogP) is 6.65. The maximum Gasteiger partial charge on any atom is 0.166 e. The van der Waals surface area contributed by atoms with Gasteiger partial charge in [0, 0.05) is 23.2 Å². The van der Waals surface area contributed by atoms with Crippen molar-refractivity contribution in [1.29, 1.82) is 0 Å². The molecule has 32 heavy (non-hydrogen) atoms. The van der Waals surface area contributed by atoms with Crippen molar-refractivity contribution < 1.29 is 4.79 Å². The van der Waals surface area contributed by atoms with Gasteiger partial charge in [-0.15, -0.1) is 0 Å². The Morgan fingerprint density at radius 2 is 1.78 bits per heavy atom. The normalized spacial score (nSPS) is 16.0. The SMILES string of the molecule is CCc1nn2cc3c(nc2c1-c1ccc(Cl)cc1)CC(c1ccc(C(C)C)cc1)CC3=O. The Kier molecular flexibility index (Phi) is 5.34. The minimum Gasteiger partial charge on any atom is -0.294 e. The van der Waals surface area contributed by atoms with Gasteiger partial charge in [-0.05, 0) is 53.5 Å². The molecule has 5 heteroatoms. The summed E-state index contributed by atoms with van der Waals surface area (Å²) in [6, 6.07) is 16.5. The van der Waals surface area contributed by atoms with Crippen LogP contribution in [0.25, 0.3) is 16.8 Å². The van der Waals surface area contributed by atoms with E-state index in [0.717, 1.165) is 41.0 Å². The van der Waals surface area contributed by atoms with E-state index in [-0.39, 0.29) is 11.7 Å². The molecule has 0 bridgehead atoms. The van der Waals surface area contributed by atoms with Gasteiger partial charge in [0.05, 0.1) is 17.0 Å². The summed E-state index contributed by atoms with van der Waals surface area (Å²) >= 11 is 6.10. The number of hydrogen-bond acceptors (Lipinski definition) is 3. The number of aryl methyl sites for hydroxylation is 1. The minimum atomic E-state index is 0.139. The van der Waals surface area contributed by atoms with Crippen LogP contribution in [0, 0.1) is 0 Å². The molecule has 1 atom stereocenters. The van der Waals surface area contributed by atoms with Crippen LogP contribution in [0.4, 0.5) is 0 Å². The second-order valence-electron chi connectivity index (χ2n) is 8.90. The first-order valence-electron chi connectivity index (χ1n) is 11.2. The highest BCUT2D eigenvalue weighted by atomic mass is 35.5. The fourth-order valence-electron chi connectivity index (χ4n) is 4.63. The largest absolute Gasteiger partial charge is 0.294 e. The molecule has 0 aliphatic heterocycles. The van der Waals surface area contributed by atoms with E-state index >= 15 is 0 Å². The van der Waals surface area contributed by atoms with Gasteiger partial charge in [0.25, 0.3) is 0 Å². The van der Waals surface area contributed by atoms with E-state index < -0.39 is 0 Å². The van der Waals surface area contributed by atoms with Gasteiger partial charge < -0.3 is 0 Å². The molecule has 1 aliphatic rings. The molecule has 1 aliphatic carbocycles. The molecule has 4 aromatic rings. The van der Waals surface area contributed by atoms with Crippen LogP contribution >= 0.6 is 11.6 Å². The molecule has 0 saturated carbocycles. The molecule has 0 spiro atoms. The summed E-state index contributed by atoms with van der Waals surface area (Å²) in [7, 11) is 0. The average molecular weight is 444 g/mol. The maximum atomic E-state index is 13.1. The van der Waals surface area contributed by atoms with Gasteiger partial charge >= 0.3 is 0 Å². The molecule has 1 unspecified atom stereocenters. The van der Waals surface area contributed by atoms with Gasteiger partial charge in [-0.2, -0.15) is 5.10 Å². The first-order valence-corrected chi connectivity index (χ1v) is 11.6. The molecule has 2 aromatic heterocycles. The lowest BCUT2D eigenvalue weighted by Crippen LogP contribution is -2.21. The van der Waals surface area contributed by atoms with Crippen LogP contribution in [0.15, 0.2) is 54.7 Å². The summed E-state index contributed by atoms with van der Waals surface area (Å²) < 4.78 is 1.78. The third-order valence-electron chi connectivity index (χ3n) is 6.48. The Morgan fingerprint density at radius 1 is 1.06 bits per heavy atom. The fourth-order valence-corrected chi connectivity index (χ4v) is 4.76. The molecular formula is C27H26ClN3O. The van der Waals surface area contributed by atoms with Crippen molar-refractivity contribution in [3.63, 3.8) is 0 Å². The number of carbonyl (C=O) groups is 1. The van der Waals surface area contributed by atoms with Crippen LogP contribution in [0.1, 0.15) is 71.9 Å². The van der Waals surface area contributed by atoms with Crippen molar-refractivity contribution in [2.24, 2.45) is 0 Å². The molecule has 0 amide bonds. The summed E-state index contributed by atoms with van der Waals surface area (Å²) in [6.45, 7) is 6.47. The zero-order valence-electron chi connectivity index (χ0n) is 18.6. The Labute approximate surface area is 193 Å². The van der Waals surface area contributed by atoms with Crippen molar-refractivity contribution in [1.82, 2.24) is 14.6 Å². The number of Topliss-reactive ketones (excluding diaryl/α,β-unsaturated/α-hetero) is 1. The van der Waals surface area contributed by atoms with E-state index in [1.54, 1.807) is 4.52 Å². The van der Waals surface area contributed by atoms with Crippen molar-refractivity contribution >= 4 is 23.0 Å². The first kappa shape index (κ1) is 20.9. The summed E-state index contributed by atoms with van der Waals surface area (Å²) in [5.74, 6) is 0.785. The smallest absolute Gasteiger partial charge is 0.166 e. The van der Waals surface area contributed by atoms with Crippen LogP contribution in [0.5, 0.6) is 0 Å². The molecule has 162 valence electrons. The average Bonchev–Trinajstić information content (AvgIpc) is 3.16. The van der Waals surface area contributed by atoms with Crippen LogP contribution in [0.2, 0.25) is 5.02 Å². The highest BCUT2D eigenvalue weighted by Crippen LogP contribution is 2.35. The second kappa shape index (κ2) is 8.18. The van der Waals surface area contributed by atoms with E-state index in [9.17, 15) is 4.79 Å². The van der Waals surface area contributed by atoms with E-state index in [1.807, 2.05) is 30.5 Å². The summed E-state index contributed by atoms with van der Waals surface area (Å²) in [6.07, 6.45) is 3.92. The van der Waals surface area contributed by atoms with Gasteiger partial charge in [-0.3, -0.25) is 4.79 Å². The number of carbonyl (C=O) groups excluding carboxylic acids is 1. The molecule has 0 radical (unpaired) electrons. The number of rotatable bonds is 4. The third-order valence-corrected chi connectivity index (χ3v) is 6.73. The highest BCUT2D eigenvalue weighted by molar-refractivity contribution is 6.30. The van der Waals surface area contributed by atoms with Crippen LogP contribution in [0.3, 0.4) is 0 Å². The van der Waals surface area contributed by atoms with Crippen molar-refractivity contribution in [2.45, 2.75) is 51.9 Å². The Bertz CT molecular complexity index is 1300. The van der Waals surface area contributed by atoms with Gasteiger partial charge in [-0.25, -0.2) is 9.50 Å². The van der Waals surface area contributed by atoms with Gasteiger partial charge in [0.2, 0.25) is 0 Å². The number of fused-ring (bicyclic) bond motifs is 2. The standard InChI is InChI=1S/C27H26ClN3O/c1-4-23-26(19-9-11-21(28)12-10-19)27-29-24-13-20(14-25(32)22(24)15-31(27)30-23)18-7-5-17(6-8-18)16(2)3/h5-12,15-16,20H,4,13-14H2,1-3H3. The molecule has 4 nitrogen and oxygen atoms in total. The number of hydrogen-bond donors (Lipinski definition) is 0. The third kappa shape index (κ3) is 3.63. The van der Waals surface area contributed by atoms with E-state index in [2.05, 4.69) is 45.0 Å². The monoisotopic (exact) mass is 443 g/mol. The lowest BCUT2D eigenvalue weighted by molar-refractivity contribution is 0.0962. The number of aromatic nitrogens is 3. The summed E-state index contributed by atoms with van der Waals surface area (Å²) in [5.41, 5.74) is 7.90.